The van der Waals surface area contributed by atoms with E-state index in [2.05, 4.69) is 8.95 Å². The van der Waals surface area contributed by atoms with Crippen molar-refractivity contribution in [2.45, 2.75) is 19.3 Å². The third-order valence-corrected chi connectivity index (χ3v) is 5.58. The van der Waals surface area contributed by atoms with Gasteiger partial charge in [0.1, 0.15) is 18.1 Å². The first kappa shape index (κ1) is 18.4. The van der Waals surface area contributed by atoms with Crippen LogP contribution in [0.25, 0.3) is 10.6 Å². The van der Waals surface area contributed by atoms with E-state index in [1.807, 2.05) is 24.3 Å². The van der Waals surface area contributed by atoms with Crippen molar-refractivity contribution in [3.63, 3.8) is 0 Å². The summed E-state index contributed by atoms with van der Waals surface area (Å²) in [5, 5.41) is 1.87. The highest BCUT2D eigenvalue weighted by Crippen LogP contribution is 2.22. The Labute approximate surface area is 144 Å². The van der Waals surface area contributed by atoms with Crippen molar-refractivity contribution in [1.29, 1.82) is 0 Å². The molecule has 0 amide bonds. The zero-order valence-electron chi connectivity index (χ0n) is 12.0. The average molecular weight is 385 g/mol. The molecule has 1 aliphatic rings. The van der Waals surface area contributed by atoms with Crippen LogP contribution < -0.4 is 8.56 Å². The van der Waals surface area contributed by atoms with E-state index in [9.17, 15) is 17.3 Å². The lowest BCUT2D eigenvalue weighted by atomic mass is 10.2. The Morgan fingerprint density at radius 3 is 2.13 bits per heavy atom. The maximum atomic E-state index is 9.75. The van der Waals surface area contributed by atoms with Crippen LogP contribution >= 0.6 is 34.5 Å². The number of hydrogen-bond donors (Lipinski definition) is 0. The molecule has 1 aromatic carbocycles. The number of nitrogens with zero attached hydrogens (tertiary/aromatic N) is 2. The highest BCUT2D eigenvalue weighted by atomic mass is 35.5. The molecule has 0 atom stereocenters. The van der Waals surface area contributed by atoms with Crippen molar-refractivity contribution in [2.24, 2.45) is 0 Å². The van der Waals surface area contributed by atoms with E-state index < -0.39 is 7.25 Å². The Bertz CT molecular complexity index is 683. The SMILES string of the molecule is Clc1ccc(-c2nsc(=[N+]3CCCCC3)s2)cc1.F[B-](F)(F)F. The molecule has 10 heteroatoms. The molecular weight excluding hydrogens is 371 g/mol. The molecule has 3 rings (SSSR count). The van der Waals surface area contributed by atoms with E-state index >= 15 is 0 Å². The van der Waals surface area contributed by atoms with E-state index in [1.54, 1.807) is 22.9 Å². The maximum absolute atomic E-state index is 9.75. The molecule has 2 heterocycles. The van der Waals surface area contributed by atoms with Crippen molar-refractivity contribution in [3.8, 4) is 10.6 Å². The molecule has 2 nitrogen and oxygen atoms in total. The van der Waals surface area contributed by atoms with Gasteiger partial charge in [-0.15, -0.1) is 0 Å². The fourth-order valence-corrected chi connectivity index (χ4v) is 4.28. The summed E-state index contributed by atoms with van der Waals surface area (Å²) in [6.07, 6.45) is 3.98. The van der Waals surface area contributed by atoms with Gasteiger partial charge in [-0.3, -0.25) is 0 Å². The van der Waals surface area contributed by atoms with Gasteiger partial charge in [0.25, 0.3) is 0 Å². The summed E-state index contributed by atoms with van der Waals surface area (Å²) < 4.78 is 47.4. The van der Waals surface area contributed by atoms with Crippen LogP contribution in [-0.4, -0.2) is 24.7 Å². The zero-order valence-corrected chi connectivity index (χ0v) is 14.4. The fourth-order valence-electron chi connectivity index (χ4n) is 2.10. The molecule has 0 radical (unpaired) electrons. The first-order valence-electron chi connectivity index (χ1n) is 7.01. The number of halogens is 5. The van der Waals surface area contributed by atoms with E-state index in [0.29, 0.717) is 0 Å². The molecule has 1 saturated heterocycles. The fraction of sp³-hybridized carbons (Fsp3) is 0.385. The summed E-state index contributed by atoms with van der Waals surface area (Å²) >= 11 is 9.31. The average Bonchev–Trinajstić information content (AvgIpc) is 2.97. The molecule has 126 valence electrons. The second kappa shape index (κ2) is 8.26. The summed E-state index contributed by atoms with van der Waals surface area (Å²) in [5.41, 5.74) is 1.16. The lowest BCUT2D eigenvalue weighted by Gasteiger charge is -2.06. The number of hydrogen-bond acceptors (Lipinski definition) is 3. The summed E-state index contributed by atoms with van der Waals surface area (Å²) in [5.74, 6) is 0. The summed E-state index contributed by atoms with van der Waals surface area (Å²) in [6, 6.07) is 7.91. The molecule has 0 spiro atoms. The minimum absolute atomic E-state index is 0.773. The van der Waals surface area contributed by atoms with Crippen molar-refractivity contribution >= 4 is 41.7 Å². The third-order valence-electron chi connectivity index (χ3n) is 3.10. The second-order valence-electron chi connectivity index (χ2n) is 4.91. The van der Waals surface area contributed by atoms with Gasteiger partial charge in [-0.05, 0) is 29.9 Å². The van der Waals surface area contributed by atoms with Crippen LogP contribution in [0.2, 0.25) is 5.02 Å². The largest absolute Gasteiger partial charge is 0.673 e. The molecule has 1 aliphatic heterocycles. The Morgan fingerprint density at radius 2 is 1.57 bits per heavy atom. The molecule has 0 N–H and O–H groups in total. The number of rotatable bonds is 1. The van der Waals surface area contributed by atoms with Gasteiger partial charge < -0.3 is 17.3 Å². The summed E-state index contributed by atoms with van der Waals surface area (Å²) in [6.45, 7) is 2.36. The molecular formula is C13H14BClF4N2S2. The van der Waals surface area contributed by atoms with Crippen LogP contribution in [0.4, 0.5) is 17.3 Å². The van der Waals surface area contributed by atoms with Crippen molar-refractivity contribution < 1.29 is 17.3 Å². The van der Waals surface area contributed by atoms with Gasteiger partial charge in [-0.2, -0.15) is 4.37 Å². The highest BCUT2D eigenvalue weighted by molar-refractivity contribution is 7.25. The first-order chi connectivity index (χ1) is 10.8. The molecule has 0 aliphatic carbocycles. The van der Waals surface area contributed by atoms with E-state index in [-0.39, 0.29) is 0 Å². The van der Waals surface area contributed by atoms with Gasteiger partial charge in [0, 0.05) is 35.0 Å². The topological polar surface area (TPSA) is 15.9 Å². The van der Waals surface area contributed by atoms with Crippen molar-refractivity contribution in [1.82, 2.24) is 8.95 Å². The molecule has 23 heavy (non-hydrogen) atoms. The molecule has 0 bridgehead atoms. The first-order valence-corrected chi connectivity index (χ1v) is 8.98. The maximum Gasteiger partial charge on any atom is 0.673 e. The smallest absolute Gasteiger partial charge is 0.418 e. The van der Waals surface area contributed by atoms with Gasteiger partial charge in [0.15, 0.2) is 0 Å². The van der Waals surface area contributed by atoms with Gasteiger partial charge in [0.2, 0.25) is 0 Å². The Morgan fingerprint density at radius 1 is 1.00 bits per heavy atom. The molecule has 0 unspecified atom stereocenters. The van der Waals surface area contributed by atoms with E-state index in [1.165, 1.54) is 36.3 Å². The lowest BCUT2D eigenvalue weighted by molar-refractivity contribution is 0.368. The normalized spacial score (nSPS) is 15.1. The van der Waals surface area contributed by atoms with Crippen LogP contribution in [0.3, 0.4) is 0 Å². The highest BCUT2D eigenvalue weighted by Gasteiger charge is 2.20. The monoisotopic (exact) mass is 384 g/mol. The Balaban J connectivity index is 0.000000338. The predicted octanol–water partition coefficient (Wildman–Crippen LogP) is 4.78. The van der Waals surface area contributed by atoms with E-state index in [0.717, 1.165) is 15.6 Å². The van der Waals surface area contributed by atoms with Gasteiger partial charge in [-0.1, -0.05) is 23.7 Å². The van der Waals surface area contributed by atoms with Gasteiger partial charge >= 0.3 is 11.2 Å². The lowest BCUT2D eigenvalue weighted by Crippen LogP contribution is -2.31. The van der Waals surface area contributed by atoms with E-state index in [4.69, 9.17) is 11.6 Å². The molecule has 1 aromatic heterocycles. The second-order valence-corrected chi connectivity index (χ2v) is 7.33. The van der Waals surface area contributed by atoms with Crippen LogP contribution in [-0.2, 0) is 0 Å². The van der Waals surface area contributed by atoms with Crippen LogP contribution in [0.5, 0.6) is 0 Å². The summed E-state index contributed by atoms with van der Waals surface area (Å²) in [7, 11) is -6.00. The third kappa shape index (κ3) is 6.60. The van der Waals surface area contributed by atoms with Gasteiger partial charge in [0.05, 0.1) is 0 Å². The number of benzene rings is 1. The van der Waals surface area contributed by atoms with Crippen molar-refractivity contribution in [2.75, 3.05) is 13.1 Å². The standard InChI is InChI=1S/C13H14ClN2S2.BF4/c14-11-6-4-10(5-7-11)12-15-18-13(17-12)16-8-2-1-3-9-16;2-1(3,4)5/h4-7H,1-3,8-9H2;/q+1;-1. The molecule has 2 aromatic rings. The number of piperidine rings is 1. The minimum atomic E-state index is -6.00. The molecule has 0 saturated carbocycles. The van der Waals surface area contributed by atoms with Gasteiger partial charge in [-0.25, -0.2) is 4.58 Å². The predicted molar refractivity (Wildman–Crippen MR) is 89.5 cm³/mol. The summed E-state index contributed by atoms with van der Waals surface area (Å²) in [4.78, 5) is 0. The van der Waals surface area contributed by atoms with Crippen molar-refractivity contribution in [3.05, 3.63) is 33.3 Å². The minimum Gasteiger partial charge on any atom is -0.418 e. The zero-order chi connectivity index (χ0) is 16.9. The van der Waals surface area contributed by atoms with Crippen LogP contribution in [0.1, 0.15) is 19.3 Å². The van der Waals surface area contributed by atoms with Crippen LogP contribution in [0.15, 0.2) is 24.3 Å². The Hall–Kier alpha value is -0.925. The Kier molecular flexibility index (Phi) is 6.61. The molecule has 1 fully saturated rings. The quantitative estimate of drug-likeness (QED) is 0.392. The van der Waals surface area contributed by atoms with Crippen LogP contribution in [0, 0.1) is 0 Å². The number of aromatic nitrogens is 1.